The normalized spacial score (nSPS) is 23.4. The highest BCUT2D eigenvalue weighted by Crippen LogP contribution is 2.45. The first-order chi connectivity index (χ1) is 19.1. The van der Waals surface area contributed by atoms with Crippen LogP contribution in [-0.2, 0) is 32.1 Å². The van der Waals surface area contributed by atoms with E-state index >= 15 is 4.39 Å². The first kappa shape index (κ1) is 28.9. The Kier molecular flexibility index (Phi) is 6.89. The number of ether oxygens (including phenoxy) is 1. The van der Waals surface area contributed by atoms with Crippen LogP contribution in [0.15, 0.2) is 36.4 Å². The highest BCUT2D eigenvalue weighted by atomic mass is 19.1. The number of morpholine rings is 1. The van der Waals surface area contributed by atoms with Gasteiger partial charge in [-0.05, 0) is 24.3 Å². The lowest BCUT2D eigenvalue weighted by Gasteiger charge is -2.42. The number of rotatable bonds is 6. The topological polar surface area (TPSA) is 233 Å². The molecule has 1 atom stereocenters. The van der Waals surface area contributed by atoms with Gasteiger partial charge in [0, 0.05) is 37.2 Å². The lowest BCUT2D eigenvalue weighted by Crippen LogP contribution is -2.67. The van der Waals surface area contributed by atoms with E-state index in [-0.39, 0.29) is 36.8 Å². The van der Waals surface area contributed by atoms with Crippen LogP contribution in [-0.4, -0.2) is 95.3 Å². The Morgan fingerprint density at radius 3 is 2.32 bits per heavy atom. The van der Waals surface area contributed by atoms with E-state index in [9.17, 15) is 50.1 Å². The smallest absolute Gasteiger partial charge is 0.283 e. The number of nitrogens with one attached hydrogen (secondary N) is 2. The summed E-state index contributed by atoms with van der Waals surface area (Å²) in [5.74, 6) is -13.9. The summed E-state index contributed by atoms with van der Waals surface area (Å²) in [4.78, 5) is 38.5. The van der Waals surface area contributed by atoms with Crippen molar-refractivity contribution < 1.29 is 59.3 Å². The lowest BCUT2D eigenvalue weighted by molar-refractivity contribution is -0.302. The van der Waals surface area contributed by atoms with E-state index in [4.69, 9.17) is 4.74 Å². The average Bonchev–Trinajstić information content (AvgIpc) is 3.12. The molecule has 5 rings (SSSR count). The second-order valence-electron chi connectivity index (χ2n) is 9.92. The van der Waals surface area contributed by atoms with Gasteiger partial charge in [0.1, 0.15) is 5.82 Å². The second kappa shape index (κ2) is 9.76. The third-order valence-electron chi connectivity index (χ3n) is 7.33. The van der Waals surface area contributed by atoms with Gasteiger partial charge in [0.05, 0.1) is 29.9 Å². The van der Waals surface area contributed by atoms with Crippen LogP contribution in [0.1, 0.15) is 39.9 Å². The van der Waals surface area contributed by atoms with Crippen molar-refractivity contribution in [2.24, 2.45) is 0 Å². The summed E-state index contributed by atoms with van der Waals surface area (Å²) in [6.45, 7) is 0.687. The largest absolute Gasteiger partial charge is 0.379 e. The molecule has 0 aliphatic carbocycles. The van der Waals surface area contributed by atoms with Crippen molar-refractivity contribution >= 4 is 23.4 Å². The Balaban J connectivity index is 1.47. The maximum Gasteiger partial charge on any atom is 0.283 e. The second-order valence-corrected chi connectivity index (χ2v) is 9.92. The Morgan fingerprint density at radius 2 is 1.68 bits per heavy atom. The minimum absolute atomic E-state index is 0.0527. The van der Waals surface area contributed by atoms with Crippen molar-refractivity contribution in [2.75, 3.05) is 31.6 Å². The fourth-order valence-corrected chi connectivity index (χ4v) is 5.22. The Labute approximate surface area is 230 Å². The van der Waals surface area contributed by atoms with Crippen LogP contribution < -0.4 is 10.6 Å². The third-order valence-corrected chi connectivity index (χ3v) is 7.33. The number of carbonyl (C=O) groups is 3. The standard InChI is InChI=1S/C25H27FN4O11/c26-16-12-13(24(37,38)29-8-10-41-11-9-29)4-5-15(16)23(35,36)28-17-3-1-2-14-19(17)25(39,40)30(20(14)32)22(34)7-6-18(31)27-21(22)33/h1-5,12,28,34-40H,6-11H2,(H,27,31,33). The molecular weight excluding hydrogens is 551 g/mol. The zero-order chi connectivity index (χ0) is 30.0. The van der Waals surface area contributed by atoms with Gasteiger partial charge in [0.15, 0.2) is 0 Å². The van der Waals surface area contributed by atoms with Crippen molar-refractivity contribution in [1.29, 1.82) is 0 Å². The molecule has 2 aromatic carbocycles. The van der Waals surface area contributed by atoms with E-state index < -0.39 is 82.2 Å². The Bertz CT molecular complexity index is 1430. The number of aliphatic hydroxyl groups is 7. The van der Waals surface area contributed by atoms with Crippen molar-refractivity contribution in [1.82, 2.24) is 15.1 Å². The number of fused-ring (bicyclic) bond motifs is 1. The Hall–Kier alpha value is -3.58. The predicted octanol–water partition coefficient (Wildman–Crippen LogP) is -2.86. The molecule has 15 nitrogen and oxygen atoms in total. The number of carbonyl (C=O) groups excluding carboxylic acids is 3. The molecule has 16 heteroatoms. The fourth-order valence-electron chi connectivity index (χ4n) is 5.22. The van der Waals surface area contributed by atoms with Crippen molar-refractivity contribution in [3.8, 4) is 0 Å². The Morgan fingerprint density at radius 1 is 1.00 bits per heavy atom. The van der Waals surface area contributed by atoms with Gasteiger partial charge in [-0.2, -0.15) is 0 Å². The number of imide groups is 1. The van der Waals surface area contributed by atoms with Gasteiger partial charge >= 0.3 is 0 Å². The molecule has 3 heterocycles. The van der Waals surface area contributed by atoms with Crippen molar-refractivity contribution in [2.45, 2.75) is 36.3 Å². The number of nitrogens with zero attached hydrogens (tertiary/aromatic N) is 2. The number of amides is 3. The SMILES string of the molecule is O=C1CCC(O)(N2C(=O)c3cccc(NC(O)(O)c4ccc(C(O)(O)N5CCOCC5)cc4F)c3C2(O)O)C(=O)N1. The number of hydrogen-bond donors (Lipinski definition) is 9. The monoisotopic (exact) mass is 578 g/mol. The van der Waals surface area contributed by atoms with Crippen LogP contribution in [0.4, 0.5) is 10.1 Å². The van der Waals surface area contributed by atoms with Gasteiger partial charge in [-0.3, -0.25) is 19.7 Å². The summed E-state index contributed by atoms with van der Waals surface area (Å²) in [6.07, 6.45) is -1.09. The fraction of sp³-hybridized carbons (Fsp3) is 0.400. The molecule has 0 aromatic heterocycles. The molecule has 3 amide bonds. The molecule has 2 saturated heterocycles. The quantitative estimate of drug-likeness (QED) is 0.124. The van der Waals surface area contributed by atoms with E-state index in [1.54, 1.807) is 0 Å². The van der Waals surface area contributed by atoms with E-state index in [1.165, 1.54) is 11.0 Å². The molecule has 220 valence electrons. The number of halogens is 1. The van der Waals surface area contributed by atoms with Gasteiger partial charge in [0.2, 0.25) is 11.6 Å². The third kappa shape index (κ3) is 4.64. The minimum Gasteiger partial charge on any atom is -0.379 e. The summed E-state index contributed by atoms with van der Waals surface area (Å²) in [5, 5.41) is 79.7. The zero-order valence-electron chi connectivity index (χ0n) is 21.2. The minimum atomic E-state index is -3.41. The van der Waals surface area contributed by atoms with Crippen LogP contribution in [0.2, 0.25) is 0 Å². The maximum atomic E-state index is 15.2. The van der Waals surface area contributed by atoms with E-state index in [0.717, 1.165) is 24.3 Å². The molecule has 9 N–H and O–H groups in total. The number of hydrogen-bond acceptors (Lipinski definition) is 13. The highest BCUT2D eigenvalue weighted by molar-refractivity contribution is 6.08. The maximum absolute atomic E-state index is 15.2. The molecule has 2 fully saturated rings. The van der Waals surface area contributed by atoms with Crippen LogP contribution in [0.3, 0.4) is 0 Å². The molecule has 3 aliphatic rings. The van der Waals surface area contributed by atoms with Crippen molar-refractivity contribution in [3.05, 3.63) is 64.5 Å². The molecule has 1 unspecified atom stereocenters. The molecule has 0 bridgehead atoms. The van der Waals surface area contributed by atoms with Gasteiger partial charge in [-0.1, -0.05) is 12.1 Å². The van der Waals surface area contributed by atoms with Gasteiger partial charge in [-0.15, -0.1) is 0 Å². The molecule has 3 aliphatic heterocycles. The summed E-state index contributed by atoms with van der Waals surface area (Å²) in [6, 6.07) is 5.98. The van der Waals surface area contributed by atoms with Gasteiger partial charge < -0.3 is 45.8 Å². The number of anilines is 1. The molecule has 0 saturated carbocycles. The molecule has 2 aromatic rings. The zero-order valence-corrected chi connectivity index (χ0v) is 21.2. The van der Waals surface area contributed by atoms with Gasteiger partial charge in [-0.25, -0.2) is 14.2 Å². The summed E-state index contributed by atoms with van der Waals surface area (Å²) in [5.41, 5.74) is -5.67. The van der Waals surface area contributed by atoms with Crippen LogP contribution in [0.25, 0.3) is 0 Å². The van der Waals surface area contributed by atoms with Crippen LogP contribution in [0, 0.1) is 5.82 Å². The van der Waals surface area contributed by atoms with Gasteiger partial charge in [0.25, 0.3) is 29.5 Å². The average molecular weight is 579 g/mol. The predicted molar refractivity (Wildman–Crippen MR) is 131 cm³/mol. The van der Waals surface area contributed by atoms with E-state index in [2.05, 4.69) is 5.32 Å². The van der Waals surface area contributed by atoms with Crippen LogP contribution in [0.5, 0.6) is 0 Å². The summed E-state index contributed by atoms with van der Waals surface area (Å²) in [7, 11) is 0. The van der Waals surface area contributed by atoms with Crippen molar-refractivity contribution in [3.63, 3.8) is 0 Å². The first-order valence-corrected chi connectivity index (χ1v) is 12.4. The number of piperidine rings is 1. The summed E-state index contributed by atoms with van der Waals surface area (Å²) < 4.78 is 20.3. The first-order valence-electron chi connectivity index (χ1n) is 12.4. The highest BCUT2D eigenvalue weighted by Gasteiger charge is 2.62. The van der Waals surface area contributed by atoms with E-state index in [0.29, 0.717) is 6.07 Å². The molecular formula is C25H27FN4O11. The molecule has 0 radical (unpaired) electrons. The molecule has 41 heavy (non-hydrogen) atoms. The lowest BCUT2D eigenvalue weighted by atomic mass is 9.99. The van der Waals surface area contributed by atoms with Crippen LogP contribution >= 0.6 is 0 Å². The number of benzene rings is 2. The van der Waals surface area contributed by atoms with E-state index in [1.807, 2.05) is 5.32 Å². The molecule has 0 spiro atoms. The summed E-state index contributed by atoms with van der Waals surface area (Å²) >= 11 is 0.